The quantitative estimate of drug-likeness (QED) is 0.606. The van der Waals surface area contributed by atoms with Crippen LogP contribution < -0.4 is 11.1 Å². The number of nitrogens with one attached hydrogen (secondary N) is 1. The van der Waals surface area contributed by atoms with Crippen LogP contribution in [0, 0.1) is 5.92 Å². The summed E-state index contributed by atoms with van der Waals surface area (Å²) >= 11 is 0. The van der Waals surface area contributed by atoms with Gasteiger partial charge in [-0.25, -0.2) is 0 Å². The van der Waals surface area contributed by atoms with E-state index in [9.17, 15) is 4.79 Å². The summed E-state index contributed by atoms with van der Waals surface area (Å²) in [6, 6.07) is 0.482. The summed E-state index contributed by atoms with van der Waals surface area (Å²) in [5.74, 6) is 0.952. The van der Waals surface area contributed by atoms with E-state index in [1.165, 1.54) is 12.8 Å². The molecule has 1 rings (SSSR count). The van der Waals surface area contributed by atoms with Gasteiger partial charge in [0.2, 0.25) is 5.91 Å². The summed E-state index contributed by atoms with van der Waals surface area (Å²) in [6.07, 6.45) is 4.89. The van der Waals surface area contributed by atoms with E-state index < -0.39 is 0 Å². The minimum atomic E-state index is 0.203. The largest absolute Gasteiger partial charge is 0.353 e. The highest BCUT2D eigenvalue weighted by molar-refractivity contribution is 5.76. The number of hydrogen-bond donors (Lipinski definition) is 2. The molecule has 1 amide bonds. The van der Waals surface area contributed by atoms with Gasteiger partial charge in [-0.05, 0) is 31.7 Å². The molecular formula is C10H20N2O. The van der Waals surface area contributed by atoms with Crippen LogP contribution in [0.2, 0.25) is 0 Å². The average Bonchev–Trinajstić information content (AvgIpc) is 2.84. The predicted octanol–water partition coefficient (Wildman–Crippen LogP) is 1.03. The number of unbranched alkanes of at least 4 members (excludes halogenated alkanes) is 1. The summed E-state index contributed by atoms with van der Waals surface area (Å²) in [7, 11) is 0. The number of amides is 1. The molecule has 1 fully saturated rings. The van der Waals surface area contributed by atoms with Crippen molar-refractivity contribution in [2.24, 2.45) is 11.7 Å². The van der Waals surface area contributed by atoms with Crippen molar-refractivity contribution in [1.29, 1.82) is 0 Å². The molecule has 0 aromatic rings. The summed E-state index contributed by atoms with van der Waals surface area (Å²) < 4.78 is 0. The van der Waals surface area contributed by atoms with Gasteiger partial charge in [0.1, 0.15) is 0 Å². The Kier molecular flexibility index (Phi) is 4.22. The summed E-state index contributed by atoms with van der Waals surface area (Å²) in [5, 5.41) is 3.03. The van der Waals surface area contributed by atoms with Gasteiger partial charge in [-0.1, -0.05) is 13.3 Å². The first kappa shape index (κ1) is 10.5. The average molecular weight is 184 g/mol. The first-order valence-electron chi connectivity index (χ1n) is 5.27. The third kappa shape index (κ3) is 3.77. The Morgan fingerprint density at radius 3 is 2.85 bits per heavy atom. The minimum Gasteiger partial charge on any atom is -0.353 e. The minimum absolute atomic E-state index is 0.203. The molecule has 0 aromatic carbocycles. The lowest BCUT2D eigenvalue weighted by Crippen LogP contribution is -2.26. The molecule has 0 aromatic heterocycles. The van der Waals surface area contributed by atoms with Crippen molar-refractivity contribution >= 4 is 5.91 Å². The van der Waals surface area contributed by atoms with Crippen molar-refractivity contribution in [2.45, 2.75) is 45.1 Å². The maximum Gasteiger partial charge on any atom is 0.220 e. The molecule has 0 radical (unpaired) electrons. The Balaban J connectivity index is 1.99. The first-order valence-corrected chi connectivity index (χ1v) is 5.27. The second-order valence-corrected chi connectivity index (χ2v) is 3.82. The molecule has 76 valence electrons. The lowest BCUT2D eigenvalue weighted by atomic mass is 10.2. The number of carbonyl (C=O) groups excluding carboxylic acids is 1. The van der Waals surface area contributed by atoms with Crippen LogP contribution in [0.15, 0.2) is 0 Å². The predicted molar refractivity (Wildman–Crippen MR) is 53.2 cm³/mol. The van der Waals surface area contributed by atoms with Crippen LogP contribution in [0.3, 0.4) is 0 Å². The molecule has 13 heavy (non-hydrogen) atoms. The molecule has 0 spiro atoms. The molecular weight excluding hydrogens is 164 g/mol. The van der Waals surface area contributed by atoms with Crippen LogP contribution in [-0.2, 0) is 4.79 Å². The van der Waals surface area contributed by atoms with E-state index in [-0.39, 0.29) is 5.91 Å². The second kappa shape index (κ2) is 5.22. The van der Waals surface area contributed by atoms with Gasteiger partial charge in [-0.3, -0.25) is 4.79 Å². The van der Waals surface area contributed by atoms with Crippen molar-refractivity contribution in [1.82, 2.24) is 5.32 Å². The Morgan fingerprint density at radius 1 is 1.54 bits per heavy atom. The maximum absolute atomic E-state index is 11.3. The third-order valence-electron chi connectivity index (χ3n) is 2.65. The molecule has 1 aliphatic carbocycles. The van der Waals surface area contributed by atoms with Crippen LogP contribution in [-0.4, -0.2) is 18.5 Å². The Morgan fingerprint density at radius 2 is 2.31 bits per heavy atom. The van der Waals surface area contributed by atoms with Gasteiger partial charge in [-0.2, -0.15) is 0 Å². The lowest BCUT2D eigenvalue weighted by Gasteiger charge is -2.02. The molecule has 0 saturated heterocycles. The van der Waals surface area contributed by atoms with Gasteiger partial charge < -0.3 is 11.1 Å². The van der Waals surface area contributed by atoms with Crippen LogP contribution in [0.1, 0.15) is 39.0 Å². The normalized spacial score (nSPS) is 25.7. The van der Waals surface area contributed by atoms with Gasteiger partial charge in [0, 0.05) is 12.5 Å². The van der Waals surface area contributed by atoms with Gasteiger partial charge in [0.15, 0.2) is 0 Å². The standard InChI is InChI=1S/C10H20N2O/c1-2-8-7-9(8)12-10(13)5-3-4-6-11/h8-9H,2-7,11H2,1H3,(H,12,13). The Hall–Kier alpha value is -0.570. The van der Waals surface area contributed by atoms with Crippen LogP contribution in [0.4, 0.5) is 0 Å². The first-order chi connectivity index (χ1) is 6.27. The van der Waals surface area contributed by atoms with E-state index in [0.717, 1.165) is 18.8 Å². The third-order valence-corrected chi connectivity index (χ3v) is 2.65. The van der Waals surface area contributed by atoms with E-state index in [0.29, 0.717) is 19.0 Å². The highest BCUT2D eigenvalue weighted by atomic mass is 16.1. The van der Waals surface area contributed by atoms with Gasteiger partial charge in [0.25, 0.3) is 0 Å². The fourth-order valence-corrected chi connectivity index (χ4v) is 1.58. The van der Waals surface area contributed by atoms with Crippen LogP contribution in [0.25, 0.3) is 0 Å². The highest BCUT2D eigenvalue weighted by Crippen LogP contribution is 2.33. The molecule has 3 heteroatoms. The van der Waals surface area contributed by atoms with Crippen molar-refractivity contribution in [3.05, 3.63) is 0 Å². The maximum atomic E-state index is 11.3. The molecule has 0 bridgehead atoms. The highest BCUT2D eigenvalue weighted by Gasteiger charge is 2.35. The molecule has 2 unspecified atom stereocenters. The zero-order chi connectivity index (χ0) is 9.68. The van der Waals surface area contributed by atoms with Crippen molar-refractivity contribution in [3.63, 3.8) is 0 Å². The Bertz CT molecular complexity index is 170. The van der Waals surface area contributed by atoms with Gasteiger partial charge in [0.05, 0.1) is 0 Å². The smallest absolute Gasteiger partial charge is 0.220 e. The molecule has 2 atom stereocenters. The number of carbonyl (C=O) groups is 1. The zero-order valence-corrected chi connectivity index (χ0v) is 8.38. The van der Waals surface area contributed by atoms with Gasteiger partial charge >= 0.3 is 0 Å². The van der Waals surface area contributed by atoms with E-state index in [1.807, 2.05) is 0 Å². The van der Waals surface area contributed by atoms with Crippen LogP contribution in [0.5, 0.6) is 0 Å². The molecule has 1 saturated carbocycles. The SMILES string of the molecule is CCC1CC1NC(=O)CCCCN. The number of rotatable bonds is 6. The second-order valence-electron chi connectivity index (χ2n) is 3.82. The molecule has 3 N–H and O–H groups in total. The number of hydrogen-bond acceptors (Lipinski definition) is 2. The summed E-state index contributed by atoms with van der Waals surface area (Å²) in [5.41, 5.74) is 5.34. The van der Waals surface area contributed by atoms with E-state index in [2.05, 4.69) is 12.2 Å². The lowest BCUT2D eigenvalue weighted by molar-refractivity contribution is -0.121. The zero-order valence-electron chi connectivity index (χ0n) is 8.38. The monoisotopic (exact) mass is 184 g/mol. The molecule has 1 aliphatic rings. The molecule has 3 nitrogen and oxygen atoms in total. The van der Waals surface area contributed by atoms with E-state index in [4.69, 9.17) is 5.73 Å². The molecule has 0 heterocycles. The number of nitrogens with two attached hydrogens (primary N) is 1. The van der Waals surface area contributed by atoms with Crippen molar-refractivity contribution < 1.29 is 4.79 Å². The van der Waals surface area contributed by atoms with E-state index in [1.54, 1.807) is 0 Å². The summed E-state index contributed by atoms with van der Waals surface area (Å²) in [4.78, 5) is 11.3. The topological polar surface area (TPSA) is 55.1 Å². The van der Waals surface area contributed by atoms with Gasteiger partial charge in [-0.15, -0.1) is 0 Å². The fourth-order valence-electron chi connectivity index (χ4n) is 1.58. The van der Waals surface area contributed by atoms with Crippen molar-refractivity contribution in [2.75, 3.05) is 6.54 Å². The van der Waals surface area contributed by atoms with Crippen LogP contribution >= 0.6 is 0 Å². The summed E-state index contributed by atoms with van der Waals surface area (Å²) in [6.45, 7) is 2.86. The Labute approximate surface area is 80.1 Å². The van der Waals surface area contributed by atoms with Crippen molar-refractivity contribution in [3.8, 4) is 0 Å². The molecule has 0 aliphatic heterocycles. The fraction of sp³-hybridized carbons (Fsp3) is 0.900. The van der Waals surface area contributed by atoms with E-state index >= 15 is 0 Å².